The SMILES string of the molecule is O=C(COC(=O)CCNS(=O)(=O)c1cccs1)NCC(=O)Nc1ccc(F)c(F)c1. The van der Waals surface area contributed by atoms with Crippen LogP contribution in [0.4, 0.5) is 14.5 Å². The van der Waals surface area contributed by atoms with Gasteiger partial charge in [0.05, 0.1) is 13.0 Å². The molecule has 0 spiro atoms. The molecular weight excluding hydrogens is 444 g/mol. The number of hydrogen-bond acceptors (Lipinski definition) is 7. The molecule has 0 fully saturated rings. The van der Waals surface area contributed by atoms with Crippen LogP contribution in [0, 0.1) is 11.6 Å². The van der Waals surface area contributed by atoms with Crippen LogP contribution < -0.4 is 15.4 Å². The minimum atomic E-state index is -3.70. The highest BCUT2D eigenvalue weighted by Crippen LogP contribution is 2.15. The van der Waals surface area contributed by atoms with Crippen molar-refractivity contribution in [3.8, 4) is 0 Å². The molecule has 0 aliphatic rings. The first-order valence-electron chi connectivity index (χ1n) is 8.38. The van der Waals surface area contributed by atoms with Crippen LogP contribution >= 0.6 is 11.3 Å². The Morgan fingerprint density at radius 3 is 2.50 bits per heavy atom. The van der Waals surface area contributed by atoms with E-state index in [0.29, 0.717) is 0 Å². The van der Waals surface area contributed by atoms with E-state index < -0.39 is 52.6 Å². The van der Waals surface area contributed by atoms with Gasteiger partial charge in [-0.2, -0.15) is 0 Å². The zero-order chi connectivity index (χ0) is 22.1. The van der Waals surface area contributed by atoms with Gasteiger partial charge in [0.25, 0.3) is 5.91 Å². The second kappa shape index (κ2) is 10.8. The largest absolute Gasteiger partial charge is 0.456 e. The van der Waals surface area contributed by atoms with Gasteiger partial charge in [-0.1, -0.05) is 6.07 Å². The molecule has 2 rings (SSSR count). The topological polar surface area (TPSA) is 131 Å². The second-order valence-corrected chi connectivity index (χ2v) is 8.64. The van der Waals surface area contributed by atoms with Crippen molar-refractivity contribution in [2.24, 2.45) is 0 Å². The standard InChI is InChI=1S/C17H17F2N3O6S2/c18-12-4-3-11(8-13(12)19)22-14(23)9-20-15(24)10-28-16(25)5-6-21-30(26,27)17-2-1-7-29-17/h1-4,7-8,21H,5-6,9-10H2,(H,20,24)(H,22,23). The lowest BCUT2D eigenvalue weighted by molar-refractivity contribution is -0.148. The summed E-state index contributed by atoms with van der Waals surface area (Å²) in [5.41, 5.74) is 0.00424. The normalized spacial score (nSPS) is 11.0. The maximum absolute atomic E-state index is 13.1. The molecule has 2 aromatic rings. The van der Waals surface area contributed by atoms with Gasteiger partial charge in [0.15, 0.2) is 18.2 Å². The van der Waals surface area contributed by atoms with Gasteiger partial charge in [-0.15, -0.1) is 11.3 Å². The number of nitrogens with one attached hydrogen (secondary N) is 3. The summed E-state index contributed by atoms with van der Waals surface area (Å²) in [7, 11) is -3.70. The van der Waals surface area contributed by atoms with Gasteiger partial charge >= 0.3 is 5.97 Å². The highest BCUT2D eigenvalue weighted by molar-refractivity contribution is 7.91. The van der Waals surface area contributed by atoms with Crippen molar-refractivity contribution in [3.05, 3.63) is 47.3 Å². The van der Waals surface area contributed by atoms with Crippen molar-refractivity contribution >= 4 is 44.8 Å². The molecule has 0 atom stereocenters. The fourth-order valence-corrected chi connectivity index (χ4v) is 4.07. The summed E-state index contributed by atoms with van der Waals surface area (Å²) in [5, 5.41) is 6.03. The van der Waals surface area contributed by atoms with Crippen LogP contribution in [0.5, 0.6) is 0 Å². The molecule has 9 nitrogen and oxygen atoms in total. The third-order valence-corrected chi connectivity index (χ3v) is 6.25. The van der Waals surface area contributed by atoms with Crippen LogP contribution in [0.1, 0.15) is 6.42 Å². The van der Waals surface area contributed by atoms with E-state index in [-0.39, 0.29) is 22.9 Å². The lowest BCUT2D eigenvalue weighted by atomic mass is 10.3. The molecule has 2 amide bonds. The molecule has 3 N–H and O–H groups in total. The molecule has 0 saturated heterocycles. The summed E-state index contributed by atoms with van der Waals surface area (Å²) in [4.78, 5) is 34.9. The average Bonchev–Trinajstić information content (AvgIpc) is 3.23. The van der Waals surface area contributed by atoms with E-state index in [1.165, 1.54) is 6.07 Å². The Balaban J connectivity index is 1.63. The van der Waals surface area contributed by atoms with Gasteiger partial charge in [-0.25, -0.2) is 21.9 Å². The van der Waals surface area contributed by atoms with Crippen LogP contribution in [0.3, 0.4) is 0 Å². The Morgan fingerprint density at radius 1 is 1.07 bits per heavy atom. The zero-order valence-corrected chi connectivity index (χ0v) is 16.9. The second-order valence-electron chi connectivity index (χ2n) is 5.69. The van der Waals surface area contributed by atoms with Gasteiger partial charge in [0.1, 0.15) is 4.21 Å². The Kier molecular flexibility index (Phi) is 8.38. The predicted molar refractivity (Wildman–Crippen MR) is 103 cm³/mol. The molecule has 1 heterocycles. The number of rotatable bonds is 10. The van der Waals surface area contributed by atoms with Gasteiger partial charge in [-0.3, -0.25) is 14.4 Å². The fraction of sp³-hybridized carbons (Fsp3) is 0.235. The summed E-state index contributed by atoms with van der Waals surface area (Å²) >= 11 is 1.02. The predicted octanol–water partition coefficient (Wildman–Crippen LogP) is 0.993. The lowest BCUT2D eigenvalue weighted by Crippen LogP contribution is -2.35. The van der Waals surface area contributed by atoms with Crippen LogP contribution in [-0.2, 0) is 29.1 Å². The van der Waals surface area contributed by atoms with Crippen molar-refractivity contribution in [3.63, 3.8) is 0 Å². The van der Waals surface area contributed by atoms with E-state index >= 15 is 0 Å². The summed E-state index contributed by atoms with van der Waals surface area (Å²) in [5.74, 6) is -4.50. The van der Waals surface area contributed by atoms with Crippen molar-refractivity contribution < 1.29 is 36.3 Å². The first kappa shape index (κ1) is 23.4. The fourth-order valence-electron chi connectivity index (χ4n) is 2.00. The summed E-state index contributed by atoms with van der Waals surface area (Å²) in [6.45, 7) is -1.37. The van der Waals surface area contributed by atoms with E-state index in [2.05, 4.69) is 20.1 Å². The summed E-state index contributed by atoms with van der Waals surface area (Å²) in [6, 6.07) is 5.75. The Morgan fingerprint density at radius 2 is 1.83 bits per heavy atom. The maximum atomic E-state index is 13.1. The quantitative estimate of drug-likeness (QED) is 0.453. The molecule has 0 unspecified atom stereocenters. The van der Waals surface area contributed by atoms with E-state index in [1.54, 1.807) is 11.4 Å². The van der Waals surface area contributed by atoms with E-state index in [1.807, 2.05) is 0 Å². The number of ether oxygens (including phenoxy) is 1. The number of esters is 1. The highest BCUT2D eigenvalue weighted by Gasteiger charge is 2.16. The molecule has 30 heavy (non-hydrogen) atoms. The number of thiophene rings is 1. The number of amides is 2. The Bertz CT molecular complexity index is 1010. The van der Waals surface area contributed by atoms with Crippen molar-refractivity contribution in [1.82, 2.24) is 10.0 Å². The number of sulfonamides is 1. The zero-order valence-electron chi connectivity index (χ0n) is 15.3. The minimum absolute atomic E-state index is 0.00424. The monoisotopic (exact) mass is 461 g/mol. The first-order chi connectivity index (χ1) is 14.2. The Hall–Kier alpha value is -2.90. The molecule has 162 valence electrons. The first-order valence-corrected chi connectivity index (χ1v) is 10.7. The molecular formula is C17H17F2N3O6S2. The average molecular weight is 461 g/mol. The van der Waals surface area contributed by atoms with Crippen LogP contribution in [0.2, 0.25) is 0 Å². The number of anilines is 1. The number of hydrogen-bond donors (Lipinski definition) is 3. The van der Waals surface area contributed by atoms with E-state index in [9.17, 15) is 31.6 Å². The van der Waals surface area contributed by atoms with Gasteiger partial charge in [0.2, 0.25) is 15.9 Å². The molecule has 1 aromatic heterocycles. The molecule has 0 saturated carbocycles. The molecule has 1 aromatic carbocycles. The number of carbonyl (C=O) groups excluding carboxylic acids is 3. The molecule has 0 aliphatic carbocycles. The van der Waals surface area contributed by atoms with Crippen molar-refractivity contribution in [2.45, 2.75) is 10.6 Å². The molecule has 0 radical (unpaired) electrons. The highest BCUT2D eigenvalue weighted by atomic mass is 32.2. The van der Waals surface area contributed by atoms with Crippen LogP contribution in [0.25, 0.3) is 0 Å². The third-order valence-electron chi connectivity index (χ3n) is 3.39. The molecule has 0 aliphatic heterocycles. The van der Waals surface area contributed by atoms with E-state index in [4.69, 9.17) is 0 Å². The van der Waals surface area contributed by atoms with Crippen LogP contribution in [0.15, 0.2) is 39.9 Å². The lowest BCUT2D eigenvalue weighted by Gasteiger charge is -2.08. The summed E-state index contributed by atoms with van der Waals surface area (Å²) < 4.78 is 56.6. The van der Waals surface area contributed by atoms with Crippen LogP contribution in [-0.4, -0.2) is 45.9 Å². The van der Waals surface area contributed by atoms with E-state index in [0.717, 1.165) is 29.5 Å². The third kappa shape index (κ3) is 7.50. The van der Waals surface area contributed by atoms with Gasteiger partial charge in [0, 0.05) is 18.3 Å². The number of carbonyl (C=O) groups is 3. The van der Waals surface area contributed by atoms with Crippen molar-refractivity contribution in [1.29, 1.82) is 0 Å². The van der Waals surface area contributed by atoms with Crippen molar-refractivity contribution in [2.75, 3.05) is 25.0 Å². The van der Waals surface area contributed by atoms with Gasteiger partial charge in [-0.05, 0) is 23.6 Å². The van der Waals surface area contributed by atoms with Gasteiger partial charge < -0.3 is 15.4 Å². The molecule has 13 heteroatoms. The number of halogens is 2. The summed E-state index contributed by atoms with van der Waals surface area (Å²) in [6.07, 6.45) is -0.297. The Labute approximate surface area is 174 Å². The maximum Gasteiger partial charge on any atom is 0.307 e. The minimum Gasteiger partial charge on any atom is -0.456 e. The smallest absolute Gasteiger partial charge is 0.307 e. The number of benzene rings is 1. The molecule has 0 bridgehead atoms.